The van der Waals surface area contributed by atoms with E-state index in [1.807, 2.05) is 67.3 Å². The maximum Gasteiger partial charge on any atom is 0.266 e. The third-order valence-corrected chi connectivity index (χ3v) is 7.27. The molecule has 0 radical (unpaired) electrons. The van der Waals surface area contributed by atoms with Crippen LogP contribution in [0.5, 0.6) is 11.5 Å². The Bertz CT molecular complexity index is 1150. The molecule has 7 nitrogen and oxygen atoms in total. The molecule has 0 aliphatic carbocycles. The lowest BCUT2D eigenvalue weighted by Crippen LogP contribution is -2.35. The molecule has 2 fully saturated rings. The predicted molar refractivity (Wildman–Crippen MR) is 144 cm³/mol. The van der Waals surface area contributed by atoms with Crippen LogP contribution in [0.3, 0.4) is 0 Å². The number of methoxy groups -OCH3 is 1. The zero-order valence-electron chi connectivity index (χ0n) is 21.2. The zero-order valence-corrected chi connectivity index (χ0v) is 22.0. The number of likely N-dealkylation sites (tertiary alicyclic amines) is 1. The summed E-state index contributed by atoms with van der Waals surface area (Å²) < 4.78 is 11.6. The number of nitrogens with zero attached hydrogens (tertiary/aromatic N) is 3. The molecule has 0 saturated carbocycles. The Morgan fingerprint density at radius 3 is 2.47 bits per heavy atom. The number of carbonyl (C=O) groups excluding carboxylic acids is 2. The third kappa shape index (κ3) is 5.93. The molecular formula is C28H33N3O4S. The number of carbonyl (C=O) groups is 2. The van der Waals surface area contributed by atoms with Crippen molar-refractivity contribution < 1.29 is 19.1 Å². The number of amidine groups is 1. The number of thioether (sulfide) groups is 1. The van der Waals surface area contributed by atoms with Crippen molar-refractivity contribution in [1.82, 2.24) is 9.80 Å². The van der Waals surface area contributed by atoms with Gasteiger partial charge in [-0.25, -0.2) is 0 Å². The number of likely N-dealkylation sites (N-methyl/N-ethyl adjacent to an activating group) is 1. The van der Waals surface area contributed by atoms with Gasteiger partial charge in [0.2, 0.25) is 0 Å². The van der Waals surface area contributed by atoms with E-state index in [0.717, 1.165) is 42.2 Å². The molecular weight excluding hydrogens is 474 g/mol. The van der Waals surface area contributed by atoms with Crippen LogP contribution in [-0.4, -0.2) is 60.1 Å². The van der Waals surface area contributed by atoms with Crippen LogP contribution in [-0.2, 0) is 11.4 Å². The lowest BCUT2D eigenvalue weighted by atomic mass is 10.1. The molecule has 2 aliphatic heterocycles. The van der Waals surface area contributed by atoms with Gasteiger partial charge in [-0.2, -0.15) is 0 Å². The largest absolute Gasteiger partial charge is 0.493 e. The van der Waals surface area contributed by atoms with Crippen LogP contribution in [0.4, 0.5) is 0 Å². The maximum atomic E-state index is 12.7. The van der Waals surface area contributed by atoms with Crippen molar-refractivity contribution in [1.29, 1.82) is 0 Å². The van der Waals surface area contributed by atoms with Crippen LogP contribution in [0.15, 0.2) is 52.4 Å². The molecule has 2 aromatic rings. The number of piperidine rings is 1. The highest BCUT2D eigenvalue weighted by Gasteiger charge is 2.31. The molecule has 0 N–H and O–H groups in total. The van der Waals surface area contributed by atoms with Crippen molar-refractivity contribution in [3.63, 3.8) is 0 Å². The van der Waals surface area contributed by atoms with Gasteiger partial charge < -0.3 is 14.4 Å². The van der Waals surface area contributed by atoms with Gasteiger partial charge in [0, 0.05) is 31.7 Å². The normalized spacial score (nSPS) is 18.2. The first-order chi connectivity index (χ1) is 17.5. The first kappa shape index (κ1) is 25.8. The van der Waals surface area contributed by atoms with Gasteiger partial charge in [-0.15, -0.1) is 0 Å². The van der Waals surface area contributed by atoms with Crippen molar-refractivity contribution in [2.75, 3.05) is 33.3 Å². The quantitative estimate of drug-likeness (QED) is 0.459. The van der Waals surface area contributed by atoms with E-state index in [4.69, 9.17) is 9.47 Å². The van der Waals surface area contributed by atoms with E-state index in [0.29, 0.717) is 41.7 Å². The molecule has 8 heteroatoms. The summed E-state index contributed by atoms with van der Waals surface area (Å²) in [7, 11) is 1.60. The predicted octanol–water partition coefficient (Wildman–Crippen LogP) is 5.21. The van der Waals surface area contributed by atoms with Crippen molar-refractivity contribution in [3.05, 3.63) is 64.1 Å². The van der Waals surface area contributed by atoms with Crippen molar-refractivity contribution in [3.8, 4) is 11.5 Å². The van der Waals surface area contributed by atoms with Crippen molar-refractivity contribution in [2.24, 2.45) is 4.99 Å². The van der Waals surface area contributed by atoms with Crippen LogP contribution < -0.4 is 9.47 Å². The van der Waals surface area contributed by atoms with E-state index >= 15 is 0 Å². The lowest BCUT2D eigenvalue weighted by Gasteiger charge is -2.26. The standard InChI is InChI=1S/C28H33N3O4S/c1-4-29-28-31(5-2)27(33)25(36-28)18-21-11-14-23(24(17-21)34-3)35-19-20-9-12-22(13-10-20)26(32)30-15-7-6-8-16-30/h9-14,17-18H,4-8,15-16,19H2,1-3H3/b25-18-,29-28?. The molecule has 0 spiro atoms. The van der Waals surface area contributed by atoms with E-state index < -0.39 is 0 Å². The van der Waals surface area contributed by atoms with Crippen molar-refractivity contribution in [2.45, 2.75) is 39.7 Å². The van der Waals surface area contributed by atoms with Crippen molar-refractivity contribution >= 4 is 34.8 Å². The van der Waals surface area contributed by atoms with E-state index in [9.17, 15) is 9.59 Å². The van der Waals surface area contributed by atoms with E-state index in [2.05, 4.69) is 4.99 Å². The fourth-order valence-electron chi connectivity index (χ4n) is 4.27. The first-order valence-electron chi connectivity index (χ1n) is 12.5. The highest BCUT2D eigenvalue weighted by molar-refractivity contribution is 8.18. The molecule has 0 aromatic heterocycles. The van der Waals surface area contributed by atoms with Crippen LogP contribution in [0.25, 0.3) is 6.08 Å². The van der Waals surface area contributed by atoms with E-state index in [1.54, 1.807) is 12.0 Å². The van der Waals surface area contributed by atoms with Gasteiger partial charge in [0.05, 0.1) is 12.0 Å². The van der Waals surface area contributed by atoms with Crippen LogP contribution in [0.1, 0.15) is 54.6 Å². The van der Waals surface area contributed by atoms with Gasteiger partial charge >= 0.3 is 0 Å². The summed E-state index contributed by atoms with van der Waals surface area (Å²) >= 11 is 1.40. The Hall–Kier alpha value is -3.26. The van der Waals surface area contributed by atoms with Gasteiger partial charge in [0.1, 0.15) is 6.61 Å². The Labute approximate surface area is 217 Å². The minimum Gasteiger partial charge on any atom is -0.493 e. The topological polar surface area (TPSA) is 71.4 Å². The second kappa shape index (κ2) is 12.1. The third-order valence-electron chi connectivity index (χ3n) is 6.22. The Morgan fingerprint density at radius 1 is 1.06 bits per heavy atom. The number of benzene rings is 2. The molecule has 0 bridgehead atoms. The second-order valence-electron chi connectivity index (χ2n) is 8.67. The molecule has 0 atom stereocenters. The molecule has 2 heterocycles. The van der Waals surface area contributed by atoms with Gasteiger partial charge in [-0.05, 0) is 86.3 Å². The Morgan fingerprint density at radius 2 is 1.81 bits per heavy atom. The minimum atomic E-state index is -0.0313. The van der Waals surface area contributed by atoms with Gasteiger partial charge in [-0.3, -0.25) is 19.5 Å². The summed E-state index contributed by atoms with van der Waals surface area (Å²) in [6.07, 6.45) is 5.22. The zero-order chi connectivity index (χ0) is 25.5. The summed E-state index contributed by atoms with van der Waals surface area (Å²) in [6, 6.07) is 13.2. The van der Waals surface area contributed by atoms with E-state index in [1.165, 1.54) is 18.2 Å². The maximum absolute atomic E-state index is 12.7. The van der Waals surface area contributed by atoms with Crippen LogP contribution >= 0.6 is 11.8 Å². The Kier molecular flexibility index (Phi) is 8.70. The minimum absolute atomic E-state index is 0.0313. The fraction of sp³-hybridized carbons (Fsp3) is 0.393. The second-order valence-corrected chi connectivity index (χ2v) is 9.67. The highest BCUT2D eigenvalue weighted by Crippen LogP contribution is 2.35. The number of ether oxygens (including phenoxy) is 2. The summed E-state index contributed by atoms with van der Waals surface area (Å²) in [5.74, 6) is 1.27. The van der Waals surface area contributed by atoms with Gasteiger partial charge in [0.25, 0.3) is 11.8 Å². The summed E-state index contributed by atoms with van der Waals surface area (Å²) in [4.78, 5) is 34.1. The number of hydrogen-bond acceptors (Lipinski definition) is 6. The van der Waals surface area contributed by atoms with Crippen LogP contribution in [0.2, 0.25) is 0 Å². The smallest absolute Gasteiger partial charge is 0.266 e. The SMILES string of the molecule is CCN=C1S/C(=C\c2ccc(OCc3ccc(C(=O)N4CCCCC4)cc3)c(OC)c2)C(=O)N1CC. The summed E-state index contributed by atoms with van der Waals surface area (Å²) in [6.45, 7) is 7.16. The van der Waals surface area contributed by atoms with E-state index in [-0.39, 0.29) is 11.8 Å². The molecule has 4 rings (SSSR count). The molecule has 0 unspecified atom stereocenters. The number of amides is 2. The first-order valence-corrected chi connectivity index (χ1v) is 13.3. The number of rotatable bonds is 8. The van der Waals surface area contributed by atoms with Crippen LogP contribution in [0, 0.1) is 0 Å². The Balaban J connectivity index is 1.41. The molecule has 2 aromatic carbocycles. The molecule has 190 valence electrons. The monoisotopic (exact) mass is 507 g/mol. The summed E-state index contributed by atoms with van der Waals surface area (Å²) in [5.41, 5.74) is 2.53. The lowest BCUT2D eigenvalue weighted by molar-refractivity contribution is -0.122. The fourth-order valence-corrected chi connectivity index (χ4v) is 5.37. The molecule has 2 saturated heterocycles. The van der Waals surface area contributed by atoms with Gasteiger partial charge in [-0.1, -0.05) is 18.2 Å². The highest BCUT2D eigenvalue weighted by atomic mass is 32.2. The molecule has 2 amide bonds. The van der Waals surface area contributed by atoms with Gasteiger partial charge in [0.15, 0.2) is 16.7 Å². The summed E-state index contributed by atoms with van der Waals surface area (Å²) in [5, 5.41) is 0.742. The molecule has 2 aliphatic rings. The average Bonchev–Trinajstić information content (AvgIpc) is 3.21. The number of hydrogen-bond donors (Lipinski definition) is 0. The average molecular weight is 508 g/mol. The molecule has 36 heavy (non-hydrogen) atoms. The number of aliphatic imine (C=N–C) groups is 1.